The van der Waals surface area contributed by atoms with Crippen LogP contribution in [0.5, 0.6) is 5.75 Å². The average molecular weight is 289 g/mol. The van der Waals surface area contributed by atoms with E-state index in [9.17, 15) is 13.2 Å². The molecule has 0 amide bonds. The topological polar surface area (TPSA) is 47.0 Å². The van der Waals surface area contributed by atoms with Crippen molar-refractivity contribution in [1.29, 1.82) is 0 Å². The Kier molecular flexibility index (Phi) is 3.89. The van der Waals surface area contributed by atoms with E-state index >= 15 is 0 Å². The summed E-state index contributed by atoms with van der Waals surface area (Å²) in [5, 5.41) is 11.8. The summed E-state index contributed by atoms with van der Waals surface area (Å²) < 4.78 is 42.4. The third kappa shape index (κ3) is 3.57. The van der Waals surface area contributed by atoms with Crippen LogP contribution < -0.4 is 10.1 Å². The molecule has 0 saturated heterocycles. The van der Waals surface area contributed by atoms with Crippen LogP contribution in [-0.4, -0.2) is 17.2 Å². The third-order valence-electron chi connectivity index (χ3n) is 2.22. The minimum Gasteiger partial charge on any atom is -0.486 e. The standard InChI is InChI=1S/C11H10F3N3OS/c1-15-10-17-16-9(19-10)6-18-8-4-2-7(3-5-8)11(12,13)14/h2-5H,6H2,1H3,(H,15,17). The first-order valence-electron chi connectivity index (χ1n) is 5.29. The monoisotopic (exact) mass is 289 g/mol. The molecule has 0 radical (unpaired) electrons. The smallest absolute Gasteiger partial charge is 0.416 e. The maximum absolute atomic E-state index is 12.3. The molecular formula is C11H10F3N3OS. The average Bonchev–Trinajstić information content (AvgIpc) is 2.84. The van der Waals surface area contributed by atoms with Gasteiger partial charge in [-0.15, -0.1) is 10.2 Å². The molecule has 102 valence electrons. The highest BCUT2D eigenvalue weighted by Gasteiger charge is 2.29. The lowest BCUT2D eigenvalue weighted by Crippen LogP contribution is -2.04. The third-order valence-corrected chi connectivity index (χ3v) is 3.14. The van der Waals surface area contributed by atoms with Crippen LogP contribution in [0, 0.1) is 0 Å². The first kappa shape index (κ1) is 13.6. The van der Waals surface area contributed by atoms with E-state index in [4.69, 9.17) is 4.74 Å². The lowest BCUT2D eigenvalue weighted by atomic mass is 10.2. The quantitative estimate of drug-likeness (QED) is 0.939. The lowest BCUT2D eigenvalue weighted by molar-refractivity contribution is -0.137. The number of halogens is 3. The molecule has 0 fully saturated rings. The number of hydrogen-bond acceptors (Lipinski definition) is 5. The number of rotatable bonds is 4. The molecule has 0 unspecified atom stereocenters. The summed E-state index contributed by atoms with van der Waals surface area (Å²) in [6.45, 7) is 0.171. The summed E-state index contributed by atoms with van der Waals surface area (Å²) in [5.74, 6) is 0.356. The molecular weight excluding hydrogens is 279 g/mol. The molecule has 0 aliphatic rings. The maximum atomic E-state index is 12.3. The number of alkyl halides is 3. The summed E-state index contributed by atoms with van der Waals surface area (Å²) >= 11 is 1.32. The summed E-state index contributed by atoms with van der Waals surface area (Å²) in [5.41, 5.74) is -0.701. The molecule has 4 nitrogen and oxygen atoms in total. The van der Waals surface area contributed by atoms with E-state index in [0.717, 1.165) is 12.1 Å². The number of nitrogens with one attached hydrogen (secondary N) is 1. The molecule has 0 aliphatic heterocycles. The Hall–Kier alpha value is -1.83. The van der Waals surface area contributed by atoms with Gasteiger partial charge in [0.15, 0.2) is 5.01 Å². The normalized spacial score (nSPS) is 11.4. The van der Waals surface area contributed by atoms with E-state index < -0.39 is 11.7 Å². The highest BCUT2D eigenvalue weighted by molar-refractivity contribution is 7.15. The van der Waals surface area contributed by atoms with Gasteiger partial charge in [-0.3, -0.25) is 0 Å². The maximum Gasteiger partial charge on any atom is 0.416 e. The Morgan fingerprint density at radius 1 is 1.21 bits per heavy atom. The second-order valence-corrected chi connectivity index (χ2v) is 4.62. The van der Waals surface area contributed by atoms with Gasteiger partial charge in [0.1, 0.15) is 12.4 Å². The van der Waals surface area contributed by atoms with Crippen molar-refractivity contribution in [2.24, 2.45) is 0 Å². The molecule has 1 N–H and O–H groups in total. The van der Waals surface area contributed by atoms with E-state index in [0.29, 0.717) is 15.9 Å². The summed E-state index contributed by atoms with van der Waals surface area (Å²) in [7, 11) is 1.72. The molecule has 0 aliphatic carbocycles. The molecule has 1 heterocycles. The van der Waals surface area contributed by atoms with Gasteiger partial charge < -0.3 is 10.1 Å². The first-order valence-corrected chi connectivity index (χ1v) is 6.11. The summed E-state index contributed by atoms with van der Waals surface area (Å²) in [6.07, 6.45) is -4.33. The van der Waals surface area contributed by atoms with Crippen molar-refractivity contribution >= 4 is 16.5 Å². The van der Waals surface area contributed by atoms with Gasteiger partial charge in [-0.2, -0.15) is 13.2 Å². The summed E-state index contributed by atoms with van der Waals surface area (Å²) in [4.78, 5) is 0. The zero-order chi connectivity index (χ0) is 13.9. The molecule has 19 heavy (non-hydrogen) atoms. The van der Waals surface area contributed by atoms with Gasteiger partial charge in [-0.25, -0.2) is 0 Å². The van der Waals surface area contributed by atoms with Crippen LogP contribution in [0.25, 0.3) is 0 Å². The van der Waals surface area contributed by atoms with Gasteiger partial charge in [0, 0.05) is 7.05 Å². The minimum atomic E-state index is -4.33. The molecule has 0 atom stereocenters. The van der Waals surface area contributed by atoms with Crippen molar-refractivity contribution in [3.63, 3.8) is 0 Å². The number of hydrogen-bond donors (Lipinski definition) is 1. The van der Waals surface area contributed by atoms with Crippen molar-refractivity contribution in [3.8, 4) is 5.75 Å². The number of benzene rings is 1. The largest absolute Gasteiger partial charge is 0.486 e. The highest BCUT2D eigenvalue weighted by Crippen LogP contribution is 2.30. The van der Waals surface area contributed by atoms with Crippen LogP contribution in [0.15, 0.2) is 24.3 Å². The van der Waals surface area contributed by atoms with Gasteiger partial charge in [0.05, 0.1) is 5.56 Å². The minimum absolute atomic E-state index is 0.171. The number of nitrogens with zero attached hydrogens (tertiary/aromatic N) is 2. The predicted octanol–water partition coefficient (Wildman–Crippen LogP) is 3.18. The molecule has 1 aromatic carbocycles. The molecule has 2 rings (SSSR count). The first-order chi connectivity index (χ1) is 8.99. The lowest BCUT2D eigenvalue weighted by Gasteiger charge is -2.08. The molecule has 0 spiro atoms. The fraction of sp³-hybridized carbons (Fsp3) is 0.273. The van der Waals surface area contributed by atoms with Crippen molar-refractivity contribution < 1.29 is 17.9 Å². The van der Waals surface area contributed by atoms with Gasteiger partial charge in [0.25, 0.3) is 0 Å². The molecule has 2 aromatic rings. The van der Waals surface area contributed by atoms with Crippen LogP contribution >= 0.6 is 11.3 Å². The van der Waals surface area contributed by atoms with Crippen molar-refractivity contribution in [2.45, 2.75) is 12.8 Å². The summed E-state index contributed by atoms with van der Waals surface area (Å²) in [6, 6.07) is 4.52. The van der Waals surface area contributed by atoms with Crippen molar-refractivity contribution in [1.82, 2.24) is 10.2 Å². The van der Waals surface area contributed by atoms with E-state index in [2.05, 4.69) is 15.5 Å². The second-order valence-electron chi connectivity index (χ2n) is 3.56. The Bertz CT molecular complexity index is 539. The van der Waals surface area contributed by atoms with Gasteiger partial charge >= 0.3 is 6.18 Å². The van der Waals surface area contributed by atoms with Crippen LogP contribution in [0.3, 0.4) is 0 Å². The molecule has 8 heteroatoms. The Labute approximate surface area is 111 Å². The Balaban J connectivity index is 1.96. The van der Waals surface area contributed by atoms with Crippen LogP contribution in [-0.2, 0) is 12.8 Å². The number of ether oxygens (including phenoxy) is 1. The zero-order valence-electron chi connectivity index (χ0n) is 9.86. The fourth-order valence-corrected chi connectivity index (χ4v) is 1.90. The molecule has 0 bridgehead atoms. The molecule has 0 saturated carbocycles. The fourth-order valence-electron chi connectivity index (χ4n) is 1.30. The van der Waals surface area contributed by atoms with Gasteiger partial charge in [-0.05, 0) is 24.3 Å². The highest BCUT2D eigenvalue weighted by atomic mass is 32.1. The van der Waals surface area contributed by atoms with Crippen LogP contribution in [0.2, 0.25) is 0 Å². The number of aromatic nitrogens is 2. The van der Waals surface area contributed by atoms with Gasteiger partial charge in [0.2, 0.25) is 5.13 Å². The van der Waals surface area contributed by atoms with E-state index in [1.165, 1.54) is 23.5 Å². The van der Waals surface area contributed by atoms with E-state index in [1.54, 1.807) is 7.05 Å². The zero-order valence-corrected chi connectivity index (χ0v) is 10.7. The Morgan fingerprint density at radius 3 is 2.42 bits per heavy atom. The SMILES string of the molecule is CNc1nnc(COc2ccc(C(F)(F)F)cc2)s1. The molecule has 1 aromatic heterocycles. The van der Waals surface area contributed by atoms with E-state index in [1.807, 2.05) is 0 Å². The predicted molar refractivity (Wildman–Crippen MR) is 65.2 cm³/mol. The van der Waals surface area contributed by atoms with Crippen molar-refractivity contribution in [2.75, 3.05) is 12.4 Å². The van der Waals surface area contributed by atoms with Crippen molar-refractivity contribution in [3.05, 3.63) is 34.8 Å². The van der Waals surface area contributed by atoms with Crippen LogP contribution in [0.1, 0.15) is 10.6 Å². The Morgan fingerprint density at radius 2 is 1.89 bits per heavy atom. The van der Waals surface area contributed by atoms with Gasteiger partial charge in [-0.1, -0.05) is 11.3 Å². The van der Waals surface area contributed by atoms with E-state index in [-0.39, 0.29) is 6.61 Å². The number of anilines is 1. The van der Waals surface area contributed by atoms with Crippen LogP contribution in [0.4, 0.5) is 18.3 Å². The second kappa shape index (κ2) is 5.43.